The van der Waals surface area contributed by atoms with Gasteiger partial charge in [0, 0.05) is 13.1 Å². The molecule has 3 heterocycles. The molecule has 0 radical (unpaired) electrons. The van der Waals surface area contributed by atoms with Crippen LogP contribution in [0.4, 0.5) is 0 Å². The summed E-state index contributed by atoms with van der Waals surface area (Å²) in [4.78, 5) is 14.8. The molecule has 8 heteroatoms. The third-order valence-electron chi connectivity index (χ3n) is 5.77. The Labute approximate surface area is 201 Å². The number of hydrogen-bond acceptors (Lipinski definition) is 6. The minimum Gasteiger partial charge on any atom is -0.508 e. The average Bonchev–Trinajstić information content (AvgIpc) is 3.54. The molecule has 2 aromatic heterocycles. The molecule has 1 amide bonds. The molecule has 0 saturated carbocycles. The number of amides is 1. The van der Waals surface area contributed by atoms with Gasteiger partial charge in [-0.05, 0) is 47.4 Å². The normalized spacial score (nSPS) is 13.6. The number of aromatic nitrogens is 3. The van der Waals surface area contributed by atoms with Gasteiger partial charge in [-0.25, -0.2) is 0 Å². The number of carbonyl (C=O) groups is 1. The first-order valence-electron chi connectivity index (χ1n) is 11.1. The van der Waals surface area contributed by atoms with Crippen LogP contribution in [0.2, 0.25) is 0 Å². The van der Waals surface area contributed by atoms with Crippen LogP contribution >= 0.6 is 11.8 Å². The summed E-state index contributed by atoms with van der Waals surface area (Å²) in [5.41, 5.74) is 3.40. The second-order valence-electron chi connectivity index (χ2n) is 8.01. The molecule has 1 aliphatic rings. The molecule has 0 atom stereocenters. The Morgan fingerprint density at radius 2 is 1.85 bits per heavy atom. The van der Waals surface area contributed by atoms with Crippen molar-refractivity contribution >= 4 is 23.2 Å². The van der Waals surface area contributed by atoms with E-state index in [2.05, 4.69) is 28.4 Å². The van der Waals surface area contributed by atoms with Gasteiger partial charge in [0.2, 0.25) is 11.7 Å². The van der Waals surface area contributed by atoms with Gasteiger partial charge < -0.3 is 14.4 Å². The maximum atomic E-state index is 12.9. The van der Waals surface area contributed by atoms with Gasteiger partial charge in [-0.2, -0.15) is 0 Å². The van der Waals surface area contributed by atoms with Crippen molar-refractivity contribution in [3.05, 3.63) is 90.2 Å². The first kappa shape index (κ1) is 22.0. The monoisotopic (exact) mass is 472 g/mol. The second-order valence-corrected chi connectivity index (χ2v) is 8.95. The zero-order chi connectivity index (χ0) is 23.3. The Morgan fingerprint density at radius 1 is 1.03 bits per heavy atom. The standard InChI is InChI=1S/C26H24N4O3S/c31-22-10-8-20(9-11-22)21-12-14-29(15-13-21)24(32)18-34-26-28-27-25(23-7-4-16-33-23)30(26)17-19-5-2-1-3-6-19/h1-12,16,31H,13-15,17-18H2. The fourth-order valence-corrected chi connectivity index (χ4v) is 4.78. The van der Waals surface area contributed by atoms with Crippen molar-refractivity contribution in [2.75, 3.05) is 18.8 Å². The van der Waals surface area contributed by atoms with Gasteiger partial charge >= 0.3 is 0 Å². The Bertz CT molecular complexity index is 1280. The molecule has 4 aromatic rings. The average molecular weight is 473 g/mol. The quantitative estimate of drug-likeness (QED) is 0.393. The number of phenolic OH excluding ortho intramolecular Hbond substituents is 1. The first-order valence-corrected chi connectivity index (χ1v) is 12.1. The minimum absolute atomic E-state index is 0.0693. The molecule has 0 spiro atoms. The van der Waals surface area contributed by atoms with E-state index < -0.39 is 0 Å². The maximum absolute atomic E-state index is 12.9. The van der Waals surface area contributed by atoms with Gasteiger partial charge in [0.15, 0.2) is 10.9 Å². The minimum atomic E-state index is 0.0693. The number of nitrogens with zero attached hydrogens (tertiary/aromatic N) is 4. The van der Waals surface area contributed by atoms with Crippen LogP contribution in [0.25, 0.3) is 17.2 Å². The Hall–Kier alpha value is -3.78. The maximum Gasteiger partial charge on any atom is 0.233 e. The topological polar surface area (TPSA) is 84.4 Å². The Balaban J connectivity index is 1.27. The number of carbonyl (C=O) groups excluding carboxylic acids is 1. The van der Waals surface area contributed by atoms with Crippen LogP contribution in [0, 0.1) is 0 Å². The predicted molar refractivity (Wildman–Crippen MR) is 131 cm³/mol. The van der Waals surface area contributed by atoms with E-state index in [4.69, 9.17) is 4.42 Å². The molecule has 0 bridgehead atoms. The summed E-state index contributed by atoms with van der Waals surface area (Å²) in [5, 5.41) is 18.9. The molecule has 0 fully saturated rings. The van der Waals surface area contributed by atoms with E-state index in [0.29, 0.717) is 36.4 Å². The molecular formula is C26H24N4O3S. The second kappa shape index (κ2) is 10.0. The lowest BCUT2D eigenvalue weighted by Gasteiger charge is -2.26. The van der Waals surface area contributed by atoms with Gasteiger partial charge in [0.05, 0.1) is 18.6 Å². The van der Waals surface area contributed by atoms with Crippen LogP contribution in [-0.4, -0.2) is 49.5 Å². The lowest BCUT2D eigenvalue weighted by molar-refractivity contribution is -0.127. The molecule has 5 rings (SSSR count). The molecule has 0 saturated heterocycles. The van der Waals surface area contributed by atoms with E-state index in [1.165, 1.54) is 17.3 Å². The highest BCUT2D eigenvalue weighted by Gasteiger charge is 2.21. The zero-order valence-corrected chi connectivity index (χ0v) is 19.3. The van der Waals surface area contributed by atoms with Crippen LogP contribution in [0.15, 0.2) is 88.6 Å². The van der Waals surface area contributed by atoms with Gasteiger partial charge in [-0.1, -0.05) is 60.3 Å². The summed E-state index contributed by atoms with van der Waals surface area (Å²) in [6.07, 6.45) is 4.49. The van der Waals surface area contributed by atoms with E-state index in [9.17, 15) is 9.90 Å². The third-order valence-corrected chi connectivity index (χ3v) is 6.72. The number of aromatic hydroxyl groups is 1. The smallest absolute Gasteiger partial charge is 0.233 e. The van der Waals surface area contributed by atoms with Gasteiger partial charge in [0.25, 0.3) is 0 Å². The molecule has 2 aromatic carbocycles. The van der Waals surface area contributed by atoms with Crippen molar-refractivity contribution < 1.29 is 14.3 Å². The number of rotatable bonds is 7. The number of phenols is 1. The summed E-state index contributed by atoms with van der Waals surface area (Å²) in [6.45, 7) is 1.83. The van der Waals surface area contributed by atoms with Crippen molar-refractivity contribution in [1.82, 2.24) is 19.7 Å². The lowest BCUT2D eigenvalue weighted by atomic mass is 9.99. The van der Waals surface area contributed by atoms with Crippen molar-refractivity contribution in [2.45, 2.75) is 18.1 Å². The fraction of sp³-hybridized carbons (Fsp3) is 0.192. The molecule has 7 nitrogen and oxygen atoms in total. The highest BCUT2D eigenvalue weighted by molar-refractivity contribution is 7.99. The Morgan fingerprint density at radius 3 is 2.56 bits per heavy atom. The SMILES string of the molecule is O=C(CSc1nnc(-c2ccco2)n1Cc1ccccc1)N1CC=C(c2ccc(O)cc2)CC1. The van der Waals surface area contributed by atoms with Crippen LogP contribution in [0.3, 0.4) is 0 Å². The molecule has 0 aliphatic carbocycles. The summed E-state index contributed by atoms with van der Waals surface area (Å²) in [5.74, 6) is 1.89. The third kappa shape index (κ3) is 4.92. The summed E-state index contributed by atoms with van der Waals surface area (Å²) in [7, 11) is 0. The van der Waals surface area contributed by atoms with Crippen LogP contribution in [0.1, 0.15) is 17.5 Å². The van der Waals surface area contributed by atoms with Crippen molar-refractivity contribution in [3.8, 4) is 17.3 Å². The molecule has 172 valence electrons. The summed E-state index contributed by atoms with van der Waals surface area (Å²) < 4.78 is 7.55. The fourth-order valence-electron chi connectivity index (χ4n) is 3.94. The highest BCUT2D eigenvalue weighted by atomic mass is 32.2. The molecule has 1 aliphatic heterocycles. The van der Waals surface area contributed by atoms with Gasteiger partial charge in [-0.3, -0.25) is 9.36 Å². The number of benzene rings is 2. The molecule has 1 N–H and O–H groups in total. The molecule has 34 heavy (non-hydrogen) atoms. The van der Waals surface area contributed by atoms with E-state index in [0.717, 1.165) is 17.5 Å². The Kier molecular flexibility index (Phi) is 6.49. The van der Waals surface area contributed by atoms with Gasteiger partial charge in [0.1, 0.15) is 5.75 Å². The zero-order valence-electron chi connectivity index (χ0n) is 18.5. The molecule has 0 unspecified atom stereocenters. The van der Waals surface area contributed by atoms with E-state index in [1.807, 2.05) is 51.9 Å². The van der Waals surface area contributed by atoms with Crippen molar-refractivity contribution in [2.24, 2.45) is 0 Å². The van der Waals surface area contributed by atoms with Crippen LogP contribution in [0.5, 0.6) is 5.75 Å². The van der Waals surface area contributed by atoms with E-state index >= 15 is 0 Å². The van der Waals surface area contributed by atoms with Crippen LogP contribution < -0.4 is 0 Å². The van der Waals surface area contributed by atoms with Crippen molar-refractivity contribution in [3.63, 3.8) is 0 Å². The van der Waals surface area contributed by atoms with E-state index in [1.54, 1.807) is 18.4 Å². The molecular weight excluding hydrogens is 448 g/mol. The first-order chi connectivity index (χ1) is 16.7. The number of thioether (sulfide) groups is 1. The summed E-state index contributed by atoms with van der Waals surface area (Å²) in [6, 6.07) is 21.0. The largest absolute Gasteiger partial charge is 0.508 e. The highest BCUT2D eigenvalue weighted by Crippen LogP contribution is 2.27. The summed E-state index contributed by atoms with van der Waals surface area (Å²) >= 11 is 1.39. The predicted octanol–water partition coefficient (Wildman–Crippen LogP) is 4.70. The number of furan rings is 1. The van der Waals surface area contributed by atoms with Crippen molar-refractivity contribution in [1.29, 1.82) is 0 Å². The van der Waals surface area contributed by atoms with E-state index in [-0.39, 0.29) is 17.4 Å². The van der Waals surface area contributed by atoms with Crippen LogP contribution in [-0.2, 0) is 11.3 Å². The van der Waals surface area contributed by atoms with Gasteiger partial charge in [-0.15, -0.1) is 10.2 Å². The number of hydrogen-bond donors (Lipinski definition) is 1. The lowest BCUT2D eigenvalue weighted by Crippen LogP contribution is -2.35.